The van der Waals surface area contributed by atoms with Crippen molar-refractivity contribution < 1.29 is 23.0 Å². The lowest BCUT2D eigenvalue weighted by Crippen LogP contribution is -2.02. The third kappa shape index (κ3) is 2.20. The van der Waals surface area contributed by atoms with E-state index >= 15 is 0 Å². The molecule has 0 saturated carbocycles. The molecule has 0 aromatic carbocycles. The second kappa shape index (κ2) is 4.68. The van der Waals surface area contributed by atoms with Crippen LogP contribution < -0.4 is 9.47 Å². The molecule has 0 radical (unpaired) electrons. The zero-order valence-corrected chi connectivity index (χ0v) is 8.16. The molecule has 0 spiro atoms. The molecular formula is C9H9F2NO3. The van der Waals surface area contributed by atoms with Crippen LogP contribution in [0.2, 0.25) is 0 Å². The van der Waals surface area contributed by atoms with Gasteiger partial charge in [-0.25, -0.2) is 13.8 Å². The fourth-order valence-corrected chi connectivity index (χ4v) is 1.10. The van der Waals surface area contributed by atoms with Crippen LogP contribution in [-0.2, 0) is 0 Å². The number of methoxy groups -OCH3 is 2. The summed E-state index contributed by atoms with van der Waals surface area (Å²) in [6.45, 7) is 0. The summed E-state index contributed by atoms with van der Waals surface area (Å²) >= 11 is 0. The molecule has 0 atom stereocenters. The van der Waals surface area contributed by atoms with E-state index in [1.165, 1.54) is 14.2 Å². The van der Waals surface area contributed by atoms with Crippen molar-refractivity contribution in [3.63, 3.8) is 0 Å². The van der Waals surface area contributed by atoms with Gasteiger partial charge in [0, 0.05) is 6.07 Å². The maximum Gasteiger partial charge on any atom is 0.280 e. The number of hydrogen-bond donors (Lipinski definition) is 0. The predicted molar refractivity (Wildman–Crippen MR) is 47.7 cm³/mol. The largest absolute Gasteiger partial charge is 0.493 e. The van der Waals surface area contributed by atoms with Crippen molar-refractivity contribution in [2.45, 2.75) is 6.43 Å². The quantitative estimate of drug-likeness (QED) is 0.722. The van der Waals surface area contributed by atoms with E-state index < -0.39 is 12.1 Å². The van der Waals surface area contributed by atoms with Gasteiger partial charge < -0.3 is 9.47 Å². The molecule has 1 rings (SSSR count). The van der Waals surface area contributed by atoms with Crippen molar-refractivity contribution >= 4 is 6.29 Å². The Morgan fingerprint density at radius 3 is 2.47 bits per heavy atom. The summed E-state index contributed by atoms with van der Waals surface area (Å²) in [4.78, 5) is 14.0. The minimum atomic E-state index is -2.76. The van der Waals surface area contributed by atoms with Crippen molar-refractivity contribution in [2.24, 2.45) is 0 Å². The lowest BCUT2D eigenvalue weighted by atomic mass is 10.2. The second-order valence-corrected chi connectivity index (χ2v) is 2.59. The van der Waals surface area contributed by atoms with E-state index in [4.69, 9.17) is 9.47 Å². The number of carbonyl (C=O) groups excluding carboxylic acids is 1. The smallest absolute Gasteiger partial charge is 0.280 e. The molecule has 82 valence electrons. The number of ether oxygens (including phenoxy) is 2. The van der Waals surface area contributed by atoms with Crippen LogP contribution in [0.4, 0.5) is 8.78 Å². The van der Waals surface area contributed by atoms with Gasteiger partial charge in [-0.05, 0) is 0 Å². The maximum atomic E-state index is 12.4. The molecule has 0 aliphatic heterocycles. The van der Waals surface area contributed by atoms with Gasteiger partial charge in [0.2, 0.25) is 0 Å². The van der Waals surface area contributed by atoms with Gasteiger partial charge in [0.25, 0.3) is 6.43 Å². The predicted octanol–water partition coefficient (Wildman–Crippen LogP) is 1.85. The second-order valence-electron chi connectivity index (χ2n) is 2.59. The van der Waals surface area contributed by atoms with Gasteiger partial charge in [-0.3, -0.25) is 4.79 Å². The molecule has 6 heteroatoms. The van der Waals surface area contributed by atoms with Gasteiger partial charge in [0.1, 0.15) is 11.4 Å². The van der Waals surface area contributed by atoms with Crippen LogP contribution in [0.5, 0.6) is 11.5 Å². The third-order valence-electron chi connectivity index (χ3n) is 1.74. The molecule has 1 heterocycles. The van der Waals surface area contributed by atoms with Crippen molar-refractivity contribution in [1.82, 2.24) is 4.98 Å². The highest BCUT2D eigenvalue weighted by Gasteiger charge is 2.18. The molecular weight excluding hydrogens is 208 g/mol. The van der Waals surface area contributed by atoms with Crippen molar-refractivity contribution in [3.8, 4) is 11.5 Å². The van der Waals surface area contributed by atoms with Gasteiger partial charge in [-0.2, -0.15) is 0 Å². The molecule has 0 aliphatic rings. The van der Waals surface area contributed by atoms with E-state index in [0.717, 1.165) is 6.07 Å². The lowest BCUT2D eigenvalue weighted by molar-refractivity contribution is 0.111. The van der Waals surface area contributed by atoms with Crippen LogP contribution >= 0.6 is 0 Å². The van der Waals surface area contributed by atoms with Crippen LogP contribution in [0.1, 0.15) is 22.6 Å². The highest BCUT2D eigenvalue weighted by molar-refractivity contribution is 5.78. The van der Waals surface area contributed by atoms with Crippen LogP contribution in [0.25, 0.3) is 0 Å². The standard InChI is InChI=1S/C9H9F2NO3/c1-14-7-3-5(9(10)11)12-6(4-13)8(7)15-2/h3-4,9H,1-2H3. The number of carbonyl (C=O) groups is 1. The Balaban J connectivity index is 3.35. The number of nitrogens with zero attached hydrogens (tertiary/aromatic N) is 1. The number of alkyl halides is 2. The molecule has 15 heavy (non-hydrogen) atoms. The number of rotatable bonds is 4. The zero-order valence-electron chi connectivity index (χ0n) is 8.16. The Morgan fingerprint density at radius 2 is 2.07 bits per heavy atom. The van der Waals surface area contributed by atoms with E-state index in [0.29, 0.717) is 6.29 Å². The van der Waals surface area contributed by atoms with Crippen molar-refractivity contribution in [3.05, 3.63) is 17.5 Å². The third-order valence-corrected chi connectivity index (χ3v) is 1.74. The summed E-state index contributed by atoms with van der Waals surface area (Å²) in [5.74, 6) is 0.113. The van der Waals surface area contributed by atoms with E-state index in [1.54, 1.807) is 0 Å². The average Bonchev–Trinajstić information content (AvgIpc) is 2.26. The zero-order chi connectivity index (χ0) is 11.4. The molecule has 0 amide bonds. The molecule has 0 unspecified atom stereocenters. The summed E-state index contributed by atoms with van der Waals surface area (Å²) in [5.41, 5.74) is -0.720. The number of hydrogen-bond acceptors (Lipinski definition) is 4. The Bertz CT molecular complexity index is 369. The molecule has 4 nitrogen and oxygen atoms in total. The van der Waals surface area contributed by atoms with Crippen LogP contribution in [0.3, 0.4) is 0 Å². The minimum Gasteiger partial charge on any atom is -0.493 e. The molecule has 0 fully saturated rings. The highest BCUT2D eigenvalue weighted by Crippen LogP contribution is 2.32. The first-order chi connectivity index (χ1) is 7.13. The van der Waals surface area contributed by atoms with Crippen molar-refractivity contribution in [1.29, 1.82) is 0 Å². The Morgan fingerprint density at radius 1 is 1.40 bits per heavy atom. The van der Waals surface area contributed by atoms with Gasteiger partial charge in [-0.1, -0.05) is 0 Å². The fourth-order valence-electron chi connectivity index (χ4n) is 1.10. The molecule has 1 aromatic rings. The van der Waals surface area contributed by atoms with Gasteiger partial charge in [0.05, 0.1) is 14.2 Å². The Kier molecular flexibility index (Phi) is 3.54. The van der Waals surface area contributed by atoms with Crippen molar-refractivity contribution in [2.75, 3.05) is 14.2 Å². The van der Waals surface area contributed by atoms with E-state index in [9.17, 15) is 13.6 Å². The van der Waals surface area contributed by atoms with Crippen LogP contribution in [-0.4, -0.2) is 25.5 Å². The molecule has 0 bridgehead atoms. The first-order valence-electron chi connectivity index (χ1n) is 4.00. The average molecular weight is 217 g/mol. The van der Waals surface area contributed by atoms with E-state index in [1.807, 2.05) is 0 Å². The normalized spacial score (nSPS) is 10.2. The lowest BCUT2D eigenvalue weighted by Gasteiger charge is -2.10. The fraction of sp³-hybridized carbons (Fsp3) is 0.333. The summed E-state index contributed by atoms with van der Waals surface area (Å²) in [6.07, 6.45) is -2.42. The van der Waals surface area contributed by atoms with Gasteiger partial charge in [-0.15, -0.1) is 0 Å². The first kappa shape index (κ1) is 11.4. The SMILES string of the molecule is COc1cc(C(F)F)nc(C=O)c1OC. The van der Waals surface area contributed by atoms with E-state index in [2.05, 4.69) is 4.98 Å². The van der Waals surface area contributed by atoms with Gasteiger partial charge in [0.15, 0.2) is 17.8 Å². The summed E-state index contributed by atoms with van der Waals surface area (Å²) in [6, 6.07) is 1.04. The minimum absolute atomic E-state index is 0.0527. The monoisotopic (exact) mass is 217 g/mol. The number of pyridine rings is 1. The molecule has 0 saturated heterocycles. The summed E-state index contributed by atoms with van der Waals surface area (Å²) < 4.78 is 34.4. The number of aldehydes is 1. The topological polar surface area (TPSA) is 48.4 Å². The van der Waals surface area contributed by atoms with Gasteiger partial charge >= 0.3 is 0 Å². The maximum absolute atomic E-state index is 12.4. The number of aromatic nitrogens is 1. The molecule has 1 aromatic heterocycles. The summed E-state index contributed by atoms with van der Waals surface area (Å²) in [5, 5.41) is 0. The molecule has 0 aliphatic carbocycles. The highest BCUT2D eigenvalue weighted by atomic mass is 19.3. The van der Waals surface area contributed by atoms with E-state index in [-0.39, 0.29) is 17.2 Å². The van der Waals surface area contributed by atoms with Crippen LogP contribution in [0.15, 0.2) is 6.07 Å². The Hall–Kier alpha value is -1.72. The number of halogens is 2. The summed E-state index contributed by atoms with van der Waals surface area (Å²) in [7, 11) is 2.59. The first-order valence-corrected chi connectivity index (χ1v) is 4.00. The Labute approximate surface area is 84.8 Å². The van der Waals surface area contributed by atoms with Crippen LogP contribution in [0, 0.1) is 0 Å². The molecule has 0 N–H and O–H groups in total.